The van der Waals surface area contributed by atoms with E-state index in [1.165, 1.54) is 12.1 Å². The van der Waals surface area contributed by atoms with Gasteiger partial charge >= 0.3 is 11.9 Å². The number of nitrogens with zero attached hydrogens (tertiary/aromatic N) is 3. The van der Waals surface area contributed by atoms with E-state index in [1.54, 1.807) is 6.92 Å². The van der Waals surface area contributed by atoms with E-state index in [2.05, 4.69) is 14.8 Å². The van der Waals surface area contributed by atoms with Gasteiger partial charge in [-0.05, 0) is 24.1 Å². The van der Waals surface area contributed by atoms with Crippen molar-refractivity contribution in [3.63, 3.8) is 0 Å². The van der Waals surface area contributed by atoms with Crippen LogP contribution in [0.5, 0.6) is 0 Å². The summed E-state index contributed by atoms with van der Waals surface area (Å²) in [6, 6.07) is 3.86. The lowest BCUT2D eigenvalue weighted by molar-refractivity contribution is -0.142. The van der Waals surface area contributed by atoms with Crippen LogP contribution in [0, 0.1) is 5.82 Å². The van der Waals surface area contributed by atoms with Crippen molar-refractivity contribution >= 4 is 11.9 Å². The summed E-state index contributed by atoms with van der Waals surface area (Å²) in [5.41, 5.74) is 7.85. The maximum absolute atomic E-state index is 13.7. The molecule has 0 heterocycles. The van der Waals surface area contributed by atoms with Crippen LogP contribution in [0.2, 0.25) is 0 Å². The van der Waals surface area contributed by atoms with Crippen LogP contribution in [-0.4, -0.2) is 25.3 Å². The SMILES string of the molecule is CCOC(=O)Cc1cccc(F)c1C(=O)OCN=[N+]=[N-]. The summed E-state index contributed by atoms with van der Waals surface area (Å²) in [5.74, 6) is -2.41. The largest absolute Gasteiger partial charge is 0.466 e. The zero-order valence-corrected chi connectivity index (χ0v) is 10.7. The summed E-state index contributed by atoms with van der Waals surface area (Å²) in [6.45, 7) is 1.27. The highest BCUT2D eigenvalue weighted by molar-refractivity contribution is 5.92. The molecule has 0 radical (unpaired) electrons. The molecule has 0 aliphatic heterocycles. The van der Waals surface area contributed by atoms with Gasteiger partial charge in [0.15, 0.2) is 6.73 Å². The molecule has 0 saturated carbocycles. The third-order valence-electron chi connectivity index (χ3n) is 2.26. The molecule has 8 heteroatoms. The van der Waals surface area contributed by atoms with Crippen molar-refractivity contribution in [3.05, 3.63) is 45.6 Å². The van der Waals surface area contributed by atoms with E-state index in [0.29, 0.717) is 0 Å². The van der Waals surface area contributed by atoms with Gasteiger partial charge in [-0.2, -0.15) is 0 Å². The lowest BCUT2D eigenvalue weighted by Gasteiger charge is -2.09. The zero-order valence-electron chi connectivity index (χ0n) is 10.7. The second-order valence-corrected chi connectivity index (χ2v) is 3.55. The molecule has 0 fully saturated rings. The van der Waals surface area contributed by atoms with E-state index < -0.39 is 24.5 Å². The number of esters is 2. The minimum absolute atomic E-state index is 0.148. The average Bonchev–Trinajstić information content (AvgIpc) is 2.39. The Morgan fingerprint density at radius 3 is 2.80 bits per heavy atom. The Morgan fingerprint density at radius 1 is 1.40 bits per heavy atom. The van der Waals surface area contributed by atoms with E-state index in [9.17, 15) is 14.0 Å². The first kappa shape index (κ1) is 15.5. The van der Waals surface area contributed by atoms with Gasteiger partial charge in [0.2, 0.25) is 0 Å². The molecule has 0 unspecified atom stereocenters. The summed E-state index contributed by atoms with van der Waals surface area (Å²) in [4.78, 5) is 25.5. The van der Waals surface area contributed by atoms with Gasteiger partial charge in [0, 0.05) is 4.91 Å². The van der Waals surface area contributed by atoms with E-state index in [1.807, 2.05) is 0 Å². The highest BCUT2D eigenvalue weighted by Crippen LogP contribution is 2.16. The predicted molar refractivity (Wildman–Crippen MR) is 66.2 cm³/mol. The summed E-state index contributed by atoms with van der Waals surface area (Å²) >= 11 is 0. The van der Waals surface area contributed by atoms with Crippen LogP contribution in [0.3, 0.4) is 0 Å². The van der Waals surface area contributed by atoms with Gasteiger partial charge in [0.25, 0.3) is 0 Å². The summed E-state index contributed by atoms with van der Waals surface area (Å²) < 4.78 is 23.0. The van der Waals surface area contributed by atoms with Crippen LogP contribution in [0.4, 0.5) is 4.39 Å². The summed E-state index contributed by atoms with van der Waals surface area (Å²) in [6.07, 6.45) is -0.252. The molecule has 0 atom stereocenters. The fourth-order valence-corrected chi connectivity index (χ4v) is 1.50. The van der Waals surface area contributed by atoms with Crippen molar-refractivity contribution in [2.45, 2.75) is 13.3 Å². The molecule has 0 aromatic heterocycles. The Bertz CT molecular complexity index is 556. The van der Waals surface area contributed by atoms with Crippen molar-refractivity contribution in [3.8, 4) is 0 Å². The first-order valence-corrected chi connectivity index (χ1v) is 5.71. The molecule has 0 aliphatic carbocycles. The zero-order chi connectivity index (χ0) is 15.0. The van der Waals surface area contributed by atoms with Gasteiger partial charge in [-0.1, -0.05) is 17.2 Å². The Morgan fingerprint density at radius 2 is 2.15 bits per heavy atom. The smallest absolute Gasteiger partial charge is 0.341 e. The molecule has 0 aliphatic rings. The van der Waals surface area contributed by atoms with Crippen LogP contribution in [0.15, 0.2) is 23.3 Å². The minimum atomic E-state index is -1.00. The molecule has 0 N–H and O–H groups in total. The van der Waals surface area contributed by atoms with Crippen LogP contribution < -0.4 is 0 Å². The van der Waals surface area contributed by atoms with E-state index >= 15 is 0 Å². The molecule has 7 nitrogen and oxygen atoms in total. The maximum Gasteiger partial charge on any atom is 0.341 e. The Hall–Kier alpha value is -2.60. The highest BCUT2D eigenvalue weighted by Gasteiger charge is 2.20. The van der Waals surface area contributed by atoms with Crippen molar-refractivity contribution in [1.82, 2.24) is 0 Å². The van der Waals surface area contributed by atoms with Crippen LogP contribution >= 0.6 is 0 Å². The van der Waals surface area contributed by atoms with Crippen LogP contribution in [0.1, 0.15) is 22.8 Å². The highest BCUT2D eigenvalue weighted by atomic mass is 19.1. The normalized spacial score (nSPS) is 9.50. The Balaban J connectivity index is 2.95. The van der Waals surface area contributed by atoms with Crippen molar-refractivity contribution in [1.29, 1.82) is 0 Å². The molecule has 0 spiro atoms. The van der Waals surface area contributed by atoms with Gasteiger partial charge in [-0.25, -0.2) is 9.18 Å². The van der Waals surface area contributed by atoms with E-state index in [0.717, 1.165) is 6.07 Å². The molecule has 20 heavy (non-hydrogen) atoms. The first-order chi connectivity index (χ1) is 9.60. The van der Waals surface area contributed by atoms with Crippen molar-refractivity contribution < 1.29 is 23.5 Å². The quantitative estimate of drug-likeness (QED) is 0.345. The van der Waals surface area contributed by atoms with E-state index in [-0.39, 0.29) is 24.2 Å². The minimum Gasteiger partial charge on any atom is -0.466 e. The predicted octanol–water partition coefficient (Wildman–Crippen LogP) is 2.36. The number of carbonyl (C=O) groups is 2. The second kappa shape index (κ2) is 7.75. The number of rotatable bonds is 6. The summed E-state index contributed by atoms with van der Waals surface area (Å²) in [5, 5.41) is 3.01. The Labute approximate surface area is 113 Å². The third kappa shape index (κ3) is 4.25. The monoisotopic (exact) mass is 281 g/mol. The van der Waals surface area contributed by atoms with Gasteiger partial charge < -0.3 is 9.47 Å². The molecule has 0 bridgehead atoms. The number of hydrogen-bond acceptors (Lipinski definition) is 5. The van der Waals surface area contributed by atoms with Gasteiger partial charge in [0.1, 0.15) is 5.82 Å². The number of halogens is 1. The van der Waals surface area contributed by atoms with Crippen LogP contribution in [0.25, 0.3) is 10.4 Å². The number of ether oxygens (including phenoxy) is 2. The van der Waals surface area contributed by atoms with Gasteiger partial charge in [-0.3, -0.25) is 4.79 Å². The molecule has 1 rings (SSSR count). The lowest BCUT2D eigenvalue weighted by Crippen LogP contribution is -2.15. The number of azide groups is 1. The van der Waals surface area contributed by atoms with Crippen molar-refractivity contribution in [2.24, 2.45) is 5.11 Å². The molecule has 106 valence electrons. The first-order valence-electron chi connectivity index (χ1n) is 5.71. The second-order valence-electron chi connectivity index (χ2n) is 3.55. The van der Waals surface area contributed by atoms with E-state index in [4.69, 9.17) is 10.3 Å². The summed E-state index contributed by atoms with van der Waals surface area (Å²) in [7, 11) is 0. The average molecular weight is 281 g/mol. The molecular formula is C12H12FN3O4. The fraction of sp³-hybridized carbons (Fsp3) is 0.333. The molecule has 1 aromatic rings. The maximum atomic E-state index is 13.7. The number of hydrogen-bond donors (Lipinski definition) is 0. The third-order valence-corrected chi connectivity index (χ3v) is 2.26. The number of benzene rings is 1. The van der Waals surface area contributed by atoms with Crippen molar-refractivity contribution in [2.75, 3.05) is 13.3 Å². The van der Waals surface area contributed by atoms with Gasteiger partial charge in [-0.15, -0.1) is 0 Å². The lowest BCUT2D eigenvalue weighted by atomic mass is 10.0. The Kier molecular flexibility index (Phi) is 5.99. The standard InChI is InChI=1S/C12H12FN3O4/c1-2-19-10(17)6-8-4-3-5-9(13)11(8)12(18)20-7-15-16-14/h3-5H,2,6-7H2,1H3. The topological polar surface area (TPSA) is 101 Å². The molecule has 0 saturated heterocycles. The van der Waals surface area contributed by atoms with Crippen LogP contribution in [-0.2, 0) is 20.7 Å². The molecular weight excluding hydrogens is 269 g/mol. The number of carbonyl (C=O) groups excluding carboxylic acids is 2. The fourth-order valence-electron chi connectivity index (χ4n) is 1.50. The molecule has 0 amide bonds. The molecule has 1 aromatic carbocycles. The van der Waals surface area contributed by atoms with Gasteiger partial charge in [0.05, 0.1) is 18.6 Å².